The number of piperazine rings is 1. The van der Waals surface area contributed by atoms with Crippen LogP contribution in [0.15, 0.2) is 0 Å². The molecule has 0 amide bonds. The second-order valence-corrected chi connectivity index (χ2v) is 5.12. The molecule has 2 aliphatic rings. The summed E-state index contributed by atoms with van der Waals surface area (Å²) in [6.45, 7) is 9.48. The van der Waals surface area contributed by atoms with E-state index in [2.05, 4.69) is 16.7 Å². The Kier molecular flexibility index (Phi) is 3.12. The lowest BCUT2D eigenvalue weighted by Crippen LogP contribution is -2.58. The molecule has 3 unspecified atom stereocenters. The summed E-state index contributed by atoms with van der Waals surface area (Å²) in [6.07, 6.45) is 2.65. The number of fused-ring (bicyclic) bond motifs is 1. The van der Waals surface area contributed by atoms with E-state index < -0.39 is 0 Å². The SMILES string of the molecule is CC(=O)C(C)N1CC2CCCN2CC1C. The highest BCUT2D eigenvalue weighted by Crippen LogP contribution is 2.25. The zero-order chi connectivity index (χ0) is 11.0. The first kappa shape index (κ1) is 11.1. The van der Waals surface area contributed by atoms with E-state index in [0.29, 0.717) is 17.9 Å². The molecule has 2 aliphatic heterocycles. The molecule has 2 saturated heterocycles. The van der Waals surface area contributed by atoms with Crippen LogP contribution < -0.4 is 0 Å². The van der Waals surface area contributed by atoms with Gasteiger partial charge in [-0.05, 0) is 40.2 Å². The molecule has 0 saturated carbocycles. The molecule has 15 heavy (non-hydrogen) atoms. The molecule has 3 heteroatoms. The molecule has 0 radical (unpaired) electrons. The Balaban J connectivity index is 2.03. The van der Waals surface area contributed by atoms with Gasteiger partial charge in [-0.25, -0.2) is 0 Å². The first-order chi connectivity index (χ1) is 7.09. The van der Waals surface area contributed by atoms with Gasteiger partial charge in [-0.3, -0.25) is 14.6 Å². The molecule has 2 fully saturated rings. The van der Waals surface area contributed by atoms with E-state index in [1.165, 1.54) is 19.4 Å². The summed E-state index contributed by atoms with van der Waals surface area (Å²) in [6, 6.07) is 1.34. The Morgan fingerprint density at radius 1 is 1.40 bits per heavy atom. The molecule has 0 aromatic carbocycles. The number of carbonyl (C=O) groups excluding carboxylic acids is 1. The zero-order valence-electron chi connectivity index (χ0n) is 10.1. The number of carbonyl (C=O) groups is 1. The third-order valence-electron chi connectivity index (χ3n) is 4.07. The summed E-state index contributed by atoms with van der Waals surface area (Å²) in [5.41, 5.74) is 0. The van der Waals surface area contributed by atoms with Crippen LogP contribution in [-0.2, 0) is 4.79 Å². The van der Waals surface area contributed by atoms with Gasteiger partial charge in [-0.1, -0.05) is 0 Å². The monoisotopic (exact) mass is 210 g/mol. The third-order valence-corrected chi connectivity index (χ3v) is 4.07. The minimum absolute atomic E-state index is 0.0998. The second-order valence-electron chi connectivity index (χ2n) is 5.12. The fourth-order valence-corrected chi connectivity index (χ4v) is 2.98. The fraction of sp³-hybridized carbons (Fsp3) is 0.917. The molecule has 0 N–H and O–H groups in total. The molecule has 0 spiro atoms. The lowest BCUT2D eigenvalue weighted by atomic mass is 10.0. The van der Waals surface area contributed by atoms with Crippen molar-refractivity contribution in [1.29, 1.82) is 0 Å². The van der Waals surface area contributed by atoms with Crippen LogP contribution in [0.5, 0.6) is 0 Å². The van der Waals surface area contributed by atoms with Gasteiger partial charge in [0.1, 0.15) is 5.78 Å². The molecule has 2 rings (SSSR count). The largest absolute Gasteiger partial charge is 0.298 e. The average molecular weight is 210 g/mol. The van der Waals surface area contributed by atoms with E-state index in [9.17, 15) is 4.79 Å². The summed E-state index contributed by atoms with van der Waals surface area (Å²) in [7, 11) is 0. The average Bonchev–Trinajstić information content (AvgIpc) is 2.62. The number of hydrogen-bond acceptors (Lipinski definition) is 3. The summed E-state index contributed by atoms with van der Waals surface area (Å²) in [4.78, 5) is 16.4. The van der Waals surface area contributed by atoms with Gasteiger partial charge in [0, 0.05) is 25.2 Å². The number of nitrogens with zero attached hydrogens (tertiary/aromatic N) is 2. The molecule has 2 heterocycles. The molecule has 0 aromatic rings. The predicted octanol–water partition coefficient (Wildman–Crippen LogP) is 1.13. The summed E-state index contributed by atoms with van der Waals surface area (Å²) in [5.74, 6) is 0.299. The van der Waals surface area contributed by atoms with Crippen molar-refractivity contribution in [2.24, 2.45) is 0 Å². The quantitative estimate of drug-likeness (QED) is 0.682. The van der Waals surface area contributed by atoms with Gasteiger partial charge in [0.25, 0.3) is 0 Å². The standard InChI is InChI=1S/C12H22N2O/c1-9-7-13-6-4-5-12(13)8-14(9)10(2)11(3)15/h9-10,12H,4-8H2,1-3H3. The molecular formula is C12H22N2O. The molecule has 0 bridgehead atoms. The predicted molar refractivity (Wildman–Crippen MR) is 60.9 cm³/mol. The van der Waals surface area contributed by atoms with E-state index in [1.54, 1.807) is 6.92 Å². The van der Waals surface area contributed by atoms with Gasteiger partial charge in [-0.2, -0.15) is 0 Å². The molecule has 86 valence electrons. The van der Waals surface area contributed by atoms with E-state index in [0.717, 1.165) is 13.1 Å². The fourth-order valence-electron chi connectivity index (χ4n) is 2.98. The first-order valence-corrected chi connectivity index (χ1v) is 6.10. The minimum Gasteiger partial charge on any atom is -0.298 e. The molecule has 0 aliphatic carbocycles. The van der Waals surface area contributed by atoms with E-state index in [1.807, 2.05) is 6.92 Å². The van der Waals surface area contributed by atoms with E-state index in [4.69, 9.17) is 0 Å². The normalized spacial score (nSPS) is 35.1. The highest BCUT2D eigenvalue weighted by Gasteiger charge is 2.36. The van der Waals surface area contributed by atoms with Crippen LogP contribution in [0.25, 0.3) is 0 Å². The van der Waals surface area contributed by atoms with Gasteiger partial charge >= 0.3 is 0 Å². The van der Waals surface area contributed by atoms with Crippen LogP contribution in [0.3, 0.4) is 0 Å². The van der Waals surface area contributed by atoms with Gasteiger partial charge in [0.15, 0.2) is 0 Å². The van der Waals surface area contributed by atoms with Crippen LogP contribution in [0.4, 0.5) is 0 Å². The number of Topliss-reactive ketones (excluding diaryl/α,β-unsaturated/α-hetero) is 1. The lowest BCUT2D eigenvalue weighted by molar-refractivity contribution is -0.123. The maximum Gasteiger partial charge on any atom is 0.146 e. The van der Waals surface area contributed by atoms with Crippen LogP contribution in [-0.4, -0.2) is 53.3 Å². The first-order valence-electron chi connectivity index (χ1n) is 6.10. The summed E-state index contributed by atoms with van der Waals surface area (Å²) >= 11 is 0. The Labute approximate surface area is 92.4 Å². The highest BCUT2D eigenvalue weighted by atomic mass is 16.1. The topological polar surface area (TPSA) is 23.6 Å². The van der Waals surface area contributed by atoms with Crippen molar-refractivity contribution in [3.8, 4) is 0 Å². The second kappa shape index (κ2) is 4.22. The molecule has 3 atom stereocenters. The van der Waals surface area contributed by atoms with Crippen LogP contribution >= 0.6 is 0 Å². The van der Waals surface area contributed by atoms with Crippen molar-refractivity contribution >= 4 is 5.78 Å². The van der Waals surface area contributed by atoms with Crippen molar-refractivity contribution in [2.75, 3.05) is 19.6 Å². The van der Waals surface area contributed by atoms with Crippen molar-refractivity contribution in [3.05, 3.63) is 0 Å². The van der Waals surface area contributed by atoms with Gasteiger partial charge < -0.3 is 0 Å². The van der Waals surface area contributed by atoms with Crippen molar-refractivity contribution < 1.29 is 4.79 Å². The Morgan fingerprint density at radius 3 is 2.80 bits per heavy atom. The Morgan fingerprint density at radius 2 is 2.13 bits per heavy atom. The smallest absolute Gasteiger partial charge is 0.146 e. The third kappa shape index (κ3) is 2.08. The zero-order valence-corrected chi connectivity index (χ0v) is 10.1. The van der Waals surface area contributed by atoms with Crippen LogP contribution in [0.1, 0.15) is 33.6 Å². The van der Waals surface area contributed by atoms with Crippen LogP contribution in [0.2, 0.25) is 0 Å². The van der Waals surface area contributed by atoms with Gasteiger partial charge in [0.05, 0.1) is 6.04 Å². The Hall–Kier alpha value is -0.410. The van der Waals surface area contributed by atoms with E-state index >= 15 is 0 Å². The minimum atomic E-state index is 0.0998. The summed E-state index contributed by atoms with van der Waals surface area (Å²) in [5, 5.41) is 0. The van der Waals surface area contributed by atoms with Crippen molar-refractivity contribution in [2.45, 2.75) is 51.7 Å². The maximum absolute atomic E-state index is 11.4. The molecular weight excluding hydrogens is 188 g/mol. The van der Waals surface area contributed by atoms with Crippen molar-refractivity contribution in [3.63, 3.8) is 0 Å². The highest BCUT2D eigenvalue weighted by molar-refractivity contribution is 5.81. The van der Waals surface area contributed by atoms with E-state index in [-0.39, 0.29) is 6.04 Å². The number of rotatable bonds is 2. The summed E-state index contributed by atoms with van der Waals surface area (Å²) < 4.78 is 0. The lowest BCUT2D eigenvalue weighted by Gasteiger charge is -2.44. The number of hydrogen-bond donors (Lipinski definition) is 0. The Bertz CT molecular complexity index is 254. The van der Waals surface area contributed by atoms with Gasteiger partial charge in [-0.15, -0.1) is 0 Å². The van der Waals surface area contributed by atoms with Gasteiger partial charge in [0.2, 0.25) is 0 Å². The van der Waals surface area contributed by atoms with Crippen LogP contribution in [0, 0.1) is 0 Å². The molecule has 0 aromatic heterocycles. The maximum atomic E-state index is 11.4. The van der Waals surface area contributed by atoms with Crippen molar-refractivity contribution in [1.82, 2.24) is 9.80 Å². The number of ketones is 1. The molecule has 3 nitrogen and oxygen atoms in total.